The maximum absolute atomic E-state index is 12.7. The molecule has 8 heteroatoms. The van der Waals surface area contributed by atoms with Crippen molar-refractivity contribution in [2.24, 2.45) is 9.98 Å². The molecule has 3 aromatic carbocycles. The van der Waals surface area contributed by atoms with Crippen molar-refractivity contribution in [3.8, 4) is 0 Å². The van der Waals surface area contributed by atoms with Crippen molar-refractivity contribution in [3.05, 3.63) is 110 Å². The van der Waals surface area contributed by atoms with Gasteiger partial charge in [-0.25, -0.2) is 14.8 Å². The molecule has 2 aliphatic heterocycles. The number of nitrogens with zero attached hydrogens (tertiary/aromatic N) is 3. The molecule has 5 rings (SSSR count). The molecule has 1 atom stereocenters. The van der Waals surface area contributed by atoms with Gasteiger partial charge in [-0.2, -0.15) is 0 Å². The Labute approximate surface area is 191 Å². The molecule has 2 aliphatic rings. The van der Waals surface area contributed by atoms with E-state index >= 15 is 0 Å². The summed E-state index contributed by atoms with van der Waals surface area (Å²) in [5.41, 5.74) is 5.37. The minimum absolute atomic E-state index is 0.229. The maximum Gasteiger partial charge on any atom is 0.378 e. The smallest absolute Gasteiger partial charge is 0.345 e. The summed E-state index contributed by atoms with van der Waals surface area (Å²) in [4.78, 5) is 27.6. The highest BCUT2D eigenvalue weighted by molar-refractivity contribution is 9.10. The molecular weight excluding hydrogens is 480 g/mol. The number of hydrogen-bond donors (Lipinski definition) is 1. The van der Waals surface area contributed by atoms with E-state index in [1.807, 2.05) is 72.8 Å². The molecule has 6 nitrogen and oxygen atoms in total. The van der Waals surface area contributed by atoms with E-state index < -0.39 is 5.97 Å². The van der Waals surface area contributed by atoms with E-state index in [1.165, 1.54) is 0 Å². The first-order chi connectivity index (χ1) is 15.1. The summed E-state index contributed by atoms with van der Waals surface area (Å²) in [6.45, 7) is 0. The number of fused-ring (bicyclic) bond motifs is 1. The van der Waals surface area contributed by atoms with E-state index in [4.69, 9.17) is 26.4 Å². The highest BCUT2D eigenvalue weighted by atomic mass is 79.9. The van der Waals surface area contributed by atoms with Crippen molar-refractivity contribution in [3.63, 3.8) is 0 Å². The van der Waals surface area contributed by atoms with Crippen LogP contribution in [0, 0.1) is 0 Å². The second-order valence-electron chi connectivity index (χ2n) is 7.09. The lowest BCUT2D eigenvalue weighted by molar-refractivity contribution is -0.140. The quantitative estimate of drug-likeness (QED) is 0.542. The van der Waals surface area contributed by atoms with Crippen molar-refractivity contribution in [2.45, 2.75) is 12.5 Å². The summed E-state index contributed by atoms with van der Waals surface area (Å²) in [6.07, 6.45) is 0.426. The molecule has 0 saturated carbocycles. The topological polar surface area (TPSA) is 66.3 Å². The normalized spacial score (nSPS) is 20.4. The number of benzene rings is 3. The van der Waals surface area contributed by atoms with Crippen molar-refractivity contribution in [2.75, 3.05) is 5.01 Å². The van der Waals surface area contributed by atoms with E-state index in [2.05, 4.69) is 21.5 Å². The van der Waals surface area contributed by atoms with Gasteiger partial charge in [0.15, 0.2) is 5.70 Å². The van der Waals surface area contributed by atoms with E-state index in [9.17, 15) is 4.79 Å². The van der Waals surface area contributed by atoms with Gasteiger partial charge in [0.1, 0.15) is 0 Å². The third-order valence-electron chi connectivity index (χ3n) is 5.08. The maximum atomic E-state index is 12.7. The zero-order valence-corrected chi connectivity index (χ0v) is 18.5. The molecule has 1 unspecified atom stereocenters. The number of nitrogens with one attached hydrogen (secondary N) is 1. The summed E-state index contributed by atoms with van der Waals surface area (Å²) >= 11 is 9.51. The molecule has 0 bridgehead atoms. The minimum Gasteiger partial charge on any atom is -0.345 e. The Bertz CT molecular complexity index is 1310. The molecule has 154 valence electrons. The van der Waals surface area contributed by atoms with Gasteiger partial charge < -0.3 is 4.84 Å². The fraction of sp³-hybridized carbons (Fsp3) is 0.0870. The molecule has 1 saturated heterocycles. The Balaban J connectivity index is 1.69. The van der Waals surface area contributed by atoms with Crippen LogP contribution in [0.5, 0.6) is 0 Å². The summed E-state index contributed by atoms with van der Waals surface area (Å²) in [6, 6.07) is 22.5. The number of anilines is 1. The lowest BCUT2D eigenvalue weighted by atomic mass is 10.0. The van der Waals surface area contributed by atoms with Crippen LogP contribution < -0.4 is 21.3 Å². The molecule has 2 heterocycles. The number of halogens is 2. The lowest BCUT2D eigenvalue weighted by Crippen LogP contribution is -2.29. The highest BCUT2D eigenvalue weighted by Crippen LogP contribution is 2.32. The van der Waals surface area contributed by atoms with Gasteiger partial charge in [-0.1, -0.05) is 57.4 Å². The number of rotatable bonds is 2. The number of carbonyl (C=O) groups excluding carboxylic acids is 1. The molecule has 31 heavy (non-hydrogen) atoms. The fourth-order valence-electron chi connectivity index (χ4n) is 3.57. The average Bonchev–Trinajstić information content (AvgIpc) is 3.05. The van der Waals surface area contributed by atoms with Crippen LogP contribution in [-0.2, 0) is 9.63 Å². The molecule has 0 amide bonds. The second kappa shape index (κ2) is 8.26. The van der Waals surface area contributed by atoms with Crippen molar-refractivity contribution in [1.29, 1.82) is 0 Å². The van der Waals surface area contributed by atoms with E-state index in [-0.39, 0.29) is 6.04 Å². The Kier molecular flexibility index (Phi) is 5.31. The first kappa shape index (κ1) is 19.9. The van der Waals surface area contributed by atoms with Gasteiger partial charge in [0.25, 0.3) is 0 Å². The van der Waals surface area contributed by atoms with Crippen LogP contribution in [0.1, 0.15) is 18.0 Å². The first-order valence-electron chi connectivity index (χ1n) is 9.61. The number of hydrazine groups is 1. The first-order valence-corrected chi connectivity index (χ1v) is 10.8. The third kappa shape index (κ3) is 3.99. The SMILES string of the molecule is O=C1ONN(c2ccc(Br)cc2)/C1=C1\CC(c2ccc(Cl)cc2)N=c2ccccc2=N1. The standard InChI is InChI=1S/C23H16BrClN4O2/c24-15-7-11-17(12-8-15)29-22(23(30)31-28-29)21-13-20(14-5-9-16(25)10-6-14)26-18-3-1-2-4-19(18)27-21/h1-12,20,28H,13H2/b22-21+. The molecule has 0 spiro atoms. The molecule has 0 aliphatic carbocycles. The minimum atomic E-state index is -0.490. The van der Waals surface area contributed by atoms with Crippen LogP contribution >= 0.6 is 27.5 Å². The molecular formula is C23H16BrClN4O2. The van der Waals surface area contributed by atoms with Crippen LogP contribution in [0.25, 0.3) is 0 Å². The number of para-hydroxylation sites is 2. The van der Waals surface area contributed by atoms with Gasteiger partial charge >= 0.3 is 5.97 Å². The largest absolute Gasteiger partial charge is 0.378 e. The fourth-order valence-corrected chi connectivity index (χ4v) is 3.96. The Morgan fingerprint density at radius 2 is 1.71 bits per heavy atom. The number of hydrogen-bond acceptors (Lipinski definition) is 6. The Hall–Kier alpha value is -3.00. The summed E-state index contributed by atoms with van der Waals surface area (Å²) in [5, 5.41) is 3.75. The molecule has 0 aromatic heterocycles. The predicted octanol–water partition coefficient (Wildman–Crippen LogP) is 4.18. The van der Waals surface area contributed by atoms with Crippen LogP contribution in [0.15, 0.2) is 98.6 Å². The van der Waals surface area contributed by atoms with Gasteiger partial charge in [0, 0.05) is 15.9 Å². The van der Waals surface area contributed by atoms with Crippen molar-refractivity contribution < 1.29 is 9.63 Å². The van der Waals surface area contributed by atoms with Gasteiger partial charge in [-0.3, -0.25) is 4.99 Å². The molecule has 3 aromatic rings. The van der Waals surface area contributed by atoms with Crippen LogP contribution in [0.3, 0.4) is 0 Å². The highest BCUT2D eigenvalue weighted by Gasteiger charge is 2.34. The monoisotopic (exact) mass is 494 g/mol. The van der Waals surface area contributed by atoms with Gasteiger partial charge in [-0.05, 0) is 54.1 Å². The summed E-state index contributed by atoms with van der Waals surface area (Å²) in [7, 11) is 0. The summed E-state index contributed by atoms with van der Waals surface area (Å²) < 4.78 is 0.937. The Morgan fingerprint density at radius 3 is 2.45 bits per heavy atom. The van der Waals surface area contributed by atoms with Gasteiger partial charge in [0.05, 0.1) is 28.1 Å². The van der Waals surface area contributed by atoms with E-state index in [1.54, 1.807) is 5.01 Å². The number of carbonyl (C=O) groups is 1. The third-order valence-corrected chi connectivity index (χ3v) is 5.86. The van der Waals surface area contributed by atoms with Crippen molar-refractivity contribution in [1.82, 2.24) is 5.59 Å². The predicted molar refractivity (Wildman–Crippen MR) is 120 cm³/mol. The zero-order chi connectivity index (χ0) is 21.4. The zero-order valence-electron chi connectivity index (χ0n) is 16.1. The second-order valence-corrected chi connectivity index (χ2v) is 8.44. The van der Waals surface area contributed by atoms with Gasteiger partial charge in [0.2, 0.25) is 0 Å². The van der Waals surface area contributed by atoms with Crippen molar-refractivity contribution >= 4 is 39.2 Å². The van der Waals surface area contributed by atoms with Crippen LogP contribution in [-0.4, -0.2) is 5.97 Å². The molecule has 1 fully saturated rings. The molecule has 1 N–H and O–H groups in total. The average molecular weight is 496 g/mol. The van der Waals surface area contributed by atoms with Gasteiger partial charge in [-0.15, -0.1) is 0 Å². The van der Waals surface area contributed by atoms with Crippen LogP contribution in [0.2, 0.25) is 5.02 Å². The lowest BCUT2D eigenvalue weighted by Gasteiger charge is -2.18. The van der Waals surface area contributed by atoms with E-state index in [0.717, 1.165) is 21.1 Å². The molecule has 0 radical (unpaired) electrons. The van der Waals surface area contributed by atoms with E-state index in [0.29, 0.717) is 28.2 Å². The Morgan fingerprint density at radius 1 is 1.00 bits per heavy atom. The van der Waals surface area contributed by atoms with Crippen LogP contribution in [0.4, 0.5) is 5.69 Å². The summed E-state index contributed by atoms with van der Waals surface area (Å²) in [5.74, 6) is -0.490.